The summed E-state index contributed by atoms with van der Waals surface area (Å²) in [6, 6.07) is 0. The van der Waals surface area contributed by atoms with Gasteiger partial charge in [0, 0.05) is 37.5 Å². The molecule has 3 heterocycles. The van der Waals surface area contributed by atoms with Crippen molar-refractivity contribution in [3.05, 3.63) is 16.1 Å². The number of guanidine groups is 1. The number of ether oxygens (including phenoxy) is 2. The van der Waals surface area contributed by atoms with E-state index in [4.69, 9.17) is 14.5 Å². The third-order valence-corrected chi connectivity index (χ3v) is 5.55. The molecule has 2 unspecified atom stereocenters. The summed E-state index contributed by atoms with van der Waals surface area (Å²) in [5.41, 5.74) is 1.24. The number of morpholine rings is 1. The van der Waals surface area contributed by atoms with Gasteiger partial charge in [-0.15, -0.1) is 11.3 Å². The Morgan fingerprint density at radius 3 is 2.80 bits per heavy atom. The zero-order chi connectivity index (χ0) is 17.9. The number of rotatable bonds is 3. The molecule has 0 saturated carbocycles. The minimum absolute atomic E-state index is 0.0924. The Hall–Kier alpha value is -1.18. The molecule has 1 aromatic heterocycles. The molecular weight excluding hydrogens is 336 g/mol. The minimum atomic E-state index is 0.0924. The zero-order valence-electron chi connectivity index (χ0n) is 15.7. The number of aromatic nitrogens is 1. The predicted octanol–water partition coefficient (Wildman–Crippen LogP) is 2.40. The second-order valence-electron chi connectivity index (χ2n) is 7.68. The first-order valence-corrected chi connectivity index (χ1v) is 9.99. The van der Waals surface area contributed by atoms with Crippen LogP contribution in [0.15, 0.2) is 10.4 Å². The Morgan fingerprint density at radius 1 is 1.36 bits per heavy atom. The Labute approximate surface area is 154 Å². The van der Waals surface area contributed by atoms with Crippen LogP contribution in [-0.2, 0) is 21.4 Å². The lowest BCUT2D eigenvalue weighted by Crippen LogP contribution is -2.53. The largest absolute Gasteiger partial charge is 0.375 e. The van der Waals surface area contributed by atoms with Crippen molar-refractivity contribution in [2.45, 2.75) is 57.8 Å². The fourth-order valence-corrected chi connectivity index (χ4v) is 4.17. The fraction of sp³-hybridized carbons (Fsp3) is 0.778. The number of hydrogen-bond acceptors (Lipinski definition) is 5. The van der Waals surface area contributed by atoms with Gasteiger partial charge in [-0.2, -0.15) is 0 Å². The van der Waals surface area contributed by atoms with Gasteiger partial charge in [-0.25, -0.2) is 4.98 Å². The van der Waals surface area contributed by atoms with Crippen LogP contribution in [0.25, 0.3) is 0 Å². The van der Waals surface area contributed by atoms with Crippen molar-refractivity contribution in [2.24, 2.45) is 4.99 Å². The number of nitrogens with one attached hydrogen (secondary N) is 1. The first-order valence-electron chi connectivity index (χ1n) is 9.11. The van der Waals surface area contributed by atoms with Crippen molar-refractivity contribution in [3.63, 3.8) is 0 Å². The molecule has 0 aromatic carbocycles. The second kappa shape index (κ2) is 8.01. The van der Waals surface area contributed by atoms with Gasteiger partial charge in [0.05, 0.1) is 24.9 Å². The van der Waals surface area contributed by atoms with E-state index in [1.165, 1.54) is 0 Å². The first-order chi connectivity index (χ1) is 12.0. The Balaban J connectivity index is 1.56. The molecule has 2 aliphatic rings. The minimum Gasteiger partial charge on any atom is -0.375 e. The van der Waals surface area contributed by atoms with E-state index in [9.17, 15) is 0 Å². The predicted molar refractivity (Wildman–Crippen MR) is 101 cm³/mol. The van der Waals surface area contributed by atoms with E-state index >= 15 is 0 Å². The van der Waals surface area contributed by atoms with Crippen LogP contribution in [0.5, 0.6) is 0 Å². The quantitative estimate of drug-likeness (QED) is 0.657. The standard InChI is InChI=1S/C18H30N4O2S/c1-18(2,3)15-12-25-16(21-15)10-20-17(19-4)22-7-9-24-14(11-22)13-6-5-8-23-13/h12-14H,5-11H2,1-4H3,(H,19,20). The molecule has 2 atom stereocenters. The van der Waals surface area contributed by atoms with Crippen molar-refractivity contribution in [3.8, 4) is 0 Å². The molecule has 140 valence electrons. The lowest BCUT2D eigenvalue weighted by Gasteiger charge is -2.37. The van der Waals surface area contributed by atoms with E-state index in [1.807, 2.05) is 7.05 Å². The van der Waals surface area contributed by atoms with Gasteiger partial charge in [-0.05, 0) is 12.8 Å². The smallest absolute Gasteiger partial charge is 0.194 e. The number of hydrogen-bond donors (Lipinski definition) is 1. The summed E-state index contributed by atoms with van der Waals surface area (Å²) >= 11 is 1.70. The Kier molecular flexibility index (Phi) is 5.96. The van der Waals surface area contributed by atoms with Gasteiger partial charge < -0.3 is 19.7 Å². The third-order valence-electron chi connectivity index (χ3n) is 4.70. The van der Waals surface area contributed by atoms with Gasteiger partial charge >= 0.3 is 0 Å². The summed E-state index contributed by atoms with van der Waals surface area (Å²) in [6.45, 7) is 10.5. The van der Waals surface area contributed by atoms with Gasteiger partial charge in [-0.3, -0.25) is 4.99 Å². The highest BCUT2D eigenvalue weighted by Crippen LogP contribution is 2.24. The highest BCUT2D eigenvalue weighted by Gasteiger charge is 2.32. The van der Waals surface area contributed by atoms with Gasteiger partial charge in [-0.1, -0.05) is 20.8 Å². The molecule has 25 heavy (non-hydrogen) atoms. The summed E-state index contributed by atoms with van der Waals surface area (Å²) in [7, 11) is 1.83. The van der Waals surface area contributed by atoms with E-state index in [-0.39, 0.29) is 17.6 Å². The van der Waals surface area contributed by atoms with Crippen LogP contribution in [0.4, 0.5) is 0 Å². The fourth-order valence-electron chi connectivity index (χ4n) is 3.21. The third kappa shape index (κ3) is 4.71. The van der Waals surface area contributed by atoms with Crippen molar-refractivity contribution in [1.29, 1.82) is 0 Å². The normalized spacial score (nSPS) is 25.4. The summed E-state index contributed by atoms with van der Waals surface area (Å²) in [6.07, 6.45) is 2.60. The second-order valence-corrected chi connectivity index (χ2v) is 8.63. The molecule has 0 spiro atoms. The number of thiazole rings is 1. The topological polar surface area (TPSA) is 59.0 Å². The molecular formula is C18H30N4O2S. The molecule has 2 saturated heterocycles. The summed E-state index contributed by atoms with van der Waals surface area (Å²) in [4.78, 5) is 11.5. The van der Waals surface area contributed by atoms with Crippen molar-refractivity contribution >= 4 is 17.3 Å². The highest BCUT2D eigenvalue weighted by atomic mass is 32.1. The van der Waals surface area contributed by atoms with Crippen LogP contribution >= 0.6 is 11.3 Å². The van der Waals surface area contributed by atoms with Crippen LogP contribution < -0.4 is 5.32 Å². The molecule has 1 aromatic rings. The zero-order valence-corrected chi connectivity index (χ0v) is 16.6. The molecule has 1 N–H and O–H groups in total. The van der Waals surface area contributed by atoms with Crippen LogP contribution in [0.1, 0.15) is 44.3 Å². The summed E-state index contributed by atoms with van der Waals surface area (Å²) in [5.74, 6) is 0.916. The maximum Gasteiger partial charge on any atom is 0.194 e. The maximum absolute atomic E-state index is 5.93. The Morgan fingerprint density at radius 2 is 2.16 bits per heavy atom. The Bertz CT molecular complexity index is 590. The van der Waals surface area contributed by atoms with Crippen LogP contribution in [0.3, 0.4) is 0 Å². The van der Waals surface area contributed by atoms with Gasteiger partial charge in [0.25, 0.3) is 0 Å². The van der Waals surface area contributed by atoms with Crippen molar-refractivity contribution < 1.29 is 9.47 Å². The lowest BCUT2D eigenvalue weighted by molar-refractivity contribution is -0.0817. The molecule has 2 fully saturated rings. The molecule has 0 aliphatic carbocycles. The lowest BCUT2D eigenvalue weighted by atomic mass is 9.93. The van der Waals surface area contributed by atoms with E-state index in [2.05, 4.69) is 41.4 Å². The van der Waals surface area contributed by atoms with Gasteiger partial charge in [0.2, 0.25) is 0 Å². The number of nitrogens with zero attached hydrogens (tertiary/aromatic N) is 3. The van der Waals surface area contributed by atoms with Gasteiger partial charge in [0.15, 0.2) is 5.96 Å². The molecule has 3 rings (SSSR count). The highest BCUT2D eigenvalue weighted by molar-refractivity contribution is 7.09. The van der Waals surface area contributed by atoms with E-state index in [0.29, 0.717) is 6.54 Å². The average Bonchev–Trinajstić information content (AvgIpc) is 3.27. The molecule has 7 heteroatoms. The molecule has 2 aliphatic heterocycles. The molecule has 0 radical (unpaired) electrons. The molecule has 6 nitrogen and oxygen atoms in total. The van der Waals surface area contributed by atoms with Crippen LogP contribution in [0.2, 0.25) is 0 Å². The van der Waals surface area contributed by atoms with E-state index in [1.54, 1.807) is 11.3 Å². The average molecular weight is 367 g/mol. The summed E-state index contributed by atoms with van der Waals surface area (Å²) in [5, 5.41) is 6.71. The van der Waals surface area contributed by atoms with E-state index in [0.717, 1.165) is 55.8 Å². The number of aliphatic imine (C=N–C) groups is 1. The molecule has 0 bridgehead atoms. The SMILES string of the molecule is CN=C(NCc1nc(C(C)(C)C)cs1)N1CCOC(C2CCCO2)C1. The molecule has 0 amide bonds. The van der Waals surface area contributed by atoms with Crippen LogP contribution in [0, 0.1) is 0 Å². The van der Waals surface area contributed by atoms with Crippen LogP contribution in [-0.4, -0.2) is 61.4 Å². The summed E-state index contributed by atoms with van der Waals surface area (Å²) < 4.78 is 11.7. The van der Waals surface area contributed by atoms with Crippen molar-refractivity contribution in [1.82, 2.24) is 15.2 Å². The monoisotopic (exact) mass is 366 g/mol. The maximum atomic E-state index is 5.93. The van der Waals surface area contributed by atoms with E-state index < -0.39 is 0 Å². The first kappa shape index (κ1) is 18.6. The van der Waals surface area contributed by atoms with Gasteiger partial charge in [0.1, 0.15) is 11.1 Å². The van der Waals surface area contributed by atoms with Crippen molar-refractivity contribution in [2.75, 3.05) is 33.4 Å².